The summed E-state index contributed by atoms with van der Waals surface area (Å²) in [6, 6.07) is 11.4. The fraction of sp³-hybridized carbons (Fsp3) is 0.200. The van der Waals surface area contributed by atoms with Gasteiger partial charge < -0.3 is 10.5 Å². The lowest BCUT2D eigenvalue weighted by Crippen LogP contribution is -2.05. The van der Waals surface area contributed by atoms with Crippen LogP contribution in [0.5, 0.6) is 11.5 Å². The van der Waals surface area contributed by atoms with E-state index >= 15 is 0 Å². The Labute approximate surface area is 126 Å². The van der Waals surface area contributed by atoms with E-state index in [1.54, 1.807) is 6.07 Å². The van der Waals surface area contributed by atoms with E-state index in [2.05, 4.69) is 15.9 Å². The molecule has 0 saturated carbocycles. The van der Waals surface area contributed by atoms with Crippen LogP contribution in [-0.2, 0) is 0 Å². The molecular weight excluding hydrogens is 326 g/mol. The summed E-state index contributed by atoms with van der Waals surface area (Å²) in [5.41, 5.74) is 7.80. The molecule has 0 aliphatic carbocycles. The van der Waals surface area contributed by atoms with Crippen LogP contribution < -0.4 is 10.5 Å². The summed E-state index contributed by atoms with van der Waals surface area (Å²) in [7, 11) is 0. The van der Waals surface area contributed by atoms with Gasteiger partial charge in [0, 0.05) is 15.5 Å². The van der Waals surface area contributed by atoms with E-state index in [1.807, 2.05) is 44.2 Å². The quantitative estimate of drug-likeness (QED) is 0.831. The second-order valence-corrected chi connectivity index (χ2v) is 5.81. The minimum Gasteiger partial charge on any atom is -0.457 e. The predicted octanol–water partition coefficient (Wildman–Crippen LogP) is 5.22. The van der Waals surface area contributed by atoms with Crippen LogP contribution in [0.25, 0.3) is 0 Å². The first kappa shape index (κ1) is 14.4. The molecule has 0 aliphatic rings. The standard InChI is InChI=1S/C15H15BrClNO/c1-9-7-11(16)3-6-15(9)19-12-4-5-13(10(2)18)14(17)8-12/h3-8,10H,18H2,1-2H3. The number of ether oxygens (including phenoxy) is 1. The lowest BCUT2D eigenvalue weighted by atomic mass is 10.1. The molecule has 0 radical (unpaired) electrons. The number of hydrogen-bond acceptors (Lipinski definition) is 2. The van der Waals surface area contributed by atoms with Crippen molar-refractivity contribution in [3.8, 4) is 11.5 Å². The zero-order chi connectivity index (χ0) is 14.0. The first-order valence-electron chi connectivity index (χ1n) is 5.96. The first-order valence-corrected chi connectivity index (χ1v) is 7.13. The van der Waals surface area contributed by atoms with Crippen molar-refractivity contribution in [3.63, 3.8) is 0 Å². The highest BCUT2D eigenvalue weighted by Crippen LogP contribution is 2.31. The van der Waals surface area contributed by atoms with Crippen LogP contribution in [0.4, 0.5) is 0 Å². The first-order chi connectivity index (χ1) is 8.97. The van der Waals surface area contributed by atoms with Gasteiger partial charge in [0.2, 0.25) is 0 Å². The summed E-state index contributed by atoms with van der Waals surface area (Å²) >= 11 is 9.62. The van der Waals surface area contributed by atoms with Crippen molar-refractivity contribution in [2.24, 2.45) is 5.73 Å². The van der Waals surface area contributed by atoms with Crippen LogP contribution in [0.1, 0.15) is 24.1 Å². The van der Waals surface area contributed by atoms with Crippen LogP contribution in [0.2, 0.25) is 5.02 Å². The van der Waals surface area contributed by atoms with Crippen molar-refractivity contribution in [1.29, 1.82) is 0 Å². The normalized spacial score (nSPS) is 12.3. The van der Waals surface area contributed by atoms with Gasteiger partial charge in [-0.05, 0) is 55.3 Å². The predicted molar refractivity (Wildman–Crippen MR) is 83.0 cm³/mol. The fourth-order valence-corrected chi connectivity index (χ4v) is 2.61. The van der Waals surface area contributed by atoms with Crippen LogP contribution in [0, 0.1) is 6.92 Å². The van der Waals surface area contributed by atoms with Crippen LogP contribution in [0.15, 0.2) is 40.9 Å². The van der Waals surface area contributed by atoms with E-state index in [0.717, 1.165) is 21.3 Å². The van der Waals surface area contributed by atoms with E-state index in [4.69, 9.17) is 22.1 Å². The highest BCUT2D eigenvalue weighted by atomic mass is 79.9. The number of nitrogens with two attached hydrogens (primary N) is 1. The van der Waals surface area contributed by atoms with Gasteiger partial charge in [-0.15, -0.1) is 0 Å². The third kappa shape index (κ3) is 3.50. The molecule has 19 heavy (non-hydrogen) atoms. The maximum Gasteiger partial charge on any atom is 0.130 e. The third-order valence-corrected chi connectivity index (χ3v) is 3.65. The Balaban J connectivity index is 2.26. The molecule has 2 aromatic rings. The zero-order valence-electron chi connectivity index (χ0n) is 10.8. The van der Waals surface area contributed by atoms with Crippen LogP contribution in [0.3, 0.4) is 0 Å². The summed E-state index contributed by atoms with van der Waals surface area (Å²) in [6.45, 7) is 3.90. The monoisotopic (exact) mass is 339 g/mol. The van der Waals surface area contributed by atoms with Crippen molar-refractivity contribution in [2.45, 2.75) is 19.9 Å². The molecular formula is C15H15BrClNO. The van der Waals surface area contributed by atoms with Crippen molar-refractivity contribution in [1.82, 2.24) is 0 Å². The average molecular weight is 341 g/mol. The Morgan fingerprint density at radius 1 is 1.21 bits per heavy atom. The Morgan fingerprint density at radius 2 is 1.95 bits per heavy atom. The number of hydrogen-bond donors (Lipinski definition) is 1. The van der Waals surface area contributed by atoms with Gasteiger partial charge in [0.25, 0.3) is 0 Å². The highest BCUT2D eigenvalue weighted by Gasteiger charge is 2.08. The summed E-state index contributed by atoms with van der Waals surface area (Å²) in [4.78, 5) is 0. The molecule has 1 unspecified atom stereocenters. The second kappa shape index (κ2) is 5.95. The smallest absolute Gasteiger partial charge is 0.130 e. The molecule has 0 fully saturated rings. The van der Waals surface area contributed by atoms with Crippen molar-refractivity contribution >= 4 is 27.5 Å². The minimum atomic E-state index is -0.0871. The molecule has 4 heteroatoms. The molecule has 100 valence electrons. The largest absolute Gasteiger partial charge is 0.457 e. The van der Waals surface area contributed by atoms with E-state index in [1.165, 1.54) is 0 Å². The van der Waals surface area contributed by atoms with Gasteiger partial charge >= 0.3 is 0 Å². The molecule has 0 saturated heterocycles. The van der Waals surface area contributed by atoms with Gasteiger partial charge in [-0.2, -0.15) is 0 Å². The number of benzene rings is 2. The van der Waals surface area contributed by atoms with Gasteiger partial charge in [-0.25, -0.2) is 0 Å². The van der Waals surface area contributed by atoms with Crippen LogP contribution >= 0.6 is 27.5 Å². The van der Waals surface area contributed by atoms with Gasteiger partial charge in [-0.1, -0.05) is 33.6 Å². The van der Waals surface area contributed by atoms with Crippen molar-refractivity contribution in [3.05, 3.63) is 57.0 Å². The Kier molecular flexibility index (Phi) is 4.50. The molecule has 0 amide bonds. The molecule has 0 heterocycles. The average Bonchev–Trinajstić information content (AvgIpc) is 2.32. The Bertz CT molecular complexity index is 599. The molecule has 2 N–H and O–H groups in total. The maximum absolute atomic E-state index is 6.19. The van der Waals surface area contributed by atoms with E-state index < -0.39 is 0 Å². The minimum absolute atomic E-state index is 0.0871. The number of halogens is 2. The molecule has 2 aromatic carbocycles. The summed E-state index contributed by atoms with van der Waals surface area (Å²) in [6.07, 6.45) is 0. The SMILES string of the molecule is Cc1cc(Br)ccc1Oc1ccc(C(C)N)c(Cl)c1. The Hall–Kier alpha value is -1.03. The molecule has 0 spiro atoms. The molecule has 2 rings (SSSR count). The number of rotatable bonds is 3. The van der Waals surface area contributed by atoms with Crippen molar-refractivity contribution < 1.29 is 4.74 Å². The lowest BCUT2D eigenvalue weighted by molar-refractivity contribution is 0.478. The van der Waals surface area contributed by atoms with Gasteiger partial charge in [0.05, 0.1) is 0 Å². The summed E-state index contributed by atoms with van der Waals surface area (Å²) in [5, 5.41) is 0.627. The molecule has 1 atom stereocenters. The van der Waals surface area contributed by atoms with Gasteiger partial charge in [-0.3, -0.25) is 0 Å². The fourth-order valence-electron chi connectivity index (χ4n) is 1.79. The zero-order valence-corrected chi connectivity index (χ0v) is 13.1. The molecule has 0 bridgehead atoms. The van der Waals surface area contributed by atoms with E-state index in [-0.39, 0.29) is 6.04 Å². The maximum atomic E-state index is 6.19. The van der Waals surface area contributed by atoms with E-state index in [9.17, 15) is 0 Å². The Morgan fingerprint density at radius 3 is 2.53 bits per heavy atom. The highest BCUT2D eigenvalue weighted by molar-refractivity contribution is 9.10. The third-order valence-electron chi connectivity index (χ3n) is 2.83. The summed E-state index contributed by atoms with van der Waals surface area (Å²) < 4.78 is 6.86. The van der Waals surface area contributed by atoms with Gasteiger partial charge in [0.1, 0.15) is 11.5 Å². The van der Waals surface area contributed by atoms with Gasteiger partial charge in [0.15, 0.2) is 0 Å². The molecule has 2 nitrogen and oxygen atoms in total. The van der Waals surface area contributed by atoms with Crippen molar-refractivity contribution in [2.75, 3.05) is 0 Å². The van der Waals surface area contributed by atoms with Crippen LogP contribution in [-0.4, -0.2) is 0 Å². The lowest BCUT2D eigenvalue weighted by Gasteiger charge is -2.12. The molecule has 0 aliphatic heterocycles. The number of aryl methyl sites for hydroxylation is 1. The topological polar surface area (TPSA) is 35.2 Å². The van der Waals surface area contributed by atoms with E-state index in [0.29, 0.717) is 10.8 Å². The molecule has 0 aromatic heterocycles. The summed E-state index contributed by atoms with van der Waals surface area (Å²) in [5.74, 6) is 1.52. The second-order valence-electron chi connectivity index (χ2n) is 4.48.